The first kappa shape index (κ1) is 28.4. The summed E-state index contributed by atoms with van der Waals surface area (Å²) in [6.45, 7) is 3.69. The highest BCUT2D eigenvalue weighted by Crippen LogP contribution is 2.41. The monoisotopic (exact) mass is 532 g/mol. The van der Waals surface area contributed by atoms with E-state index >= 15 is 0 Å². The van der Waals surface area contributed by atoms with Crippen LogP contribution in [-0.4, -0.2) is 102 Å². The summed E-state index contributed by atoms with van der Waals surface area (Å²) in [5.74, 6) is -7.69. The van der Waals surface area contributed by atoms with E-state index in [1.165, 1.54) is 0 Å². The van der Waals surface area contributed by atoms with Crippen LogP contribution in [-0.2, 0) is 61.9 Å². The maximum Gasteiger partial charge on any atom is 0.320 e. The SMILES string of the molecule is CC(=O)OC[C@H]1O[C@@H](O[C@H]2[C@H](O)[C@H](O)C[C@H]3C(=O)OC(=O)[C@@H]23)[C@H](OC(C)=O)[C@@H](OC(C)=O)[C@@H]1OC(C)=O. The van der Waals surface area contributed by atoms with Gasteiger partial charge in [-0.2, -0.15) is 0 Å². The molecule has 3 rings (SSSR count). The second-order valence-electron chi connectivity index (χ2n) is 8.83. The highest BCUT2D eigenvalue weighted by molar-refractivity contribution is 5.97. The lowest BCUT2D eigenvalue weighted by Crippen LogP contribution is -2.65. The van der Waals surface area contributed by atoms with Gasteiger partial charge < -0.3 is 43.4 Å². The smallest absolute Gasteiger partial charge is 0.320 e. The molecule has 3 aliphatic rings. The number of esters is 6. The third-order valence-corrected chi connectivity index (χ3v) is 6.03. The second-order valence-corrected chi connectivity index (χ2v) is 8.83. The largest absolute Gasteiger partial charge is 0.463 e. The summed E-state index contributed by atoms with van der Waals surface area (Å²) < 4.78 is 37.1. The summed E-state index contributed by atoms with van der Waals surface area (Å²) >= 11 is 0. The van der Waals surface area contributed by atoms with Gasteiger partial charge in [0.15, 0.2) is 24.6 Å². The van der Waals surface area contributed by atoms with E-state index < -0.39 is 103 Å². The molecule has 0 radical (unpaired) electrons. The molecular formula is C22H28O15. The van der Waals surface area contributed by atoms with Gasteiger partial charge in [-0.1, -0.05) is 0 Å². The lowest BCUT2D eigenvalue weighted by molar-refractivity contribution is -0.330. The van der Waals surface area contributed by atoms with Crippen LogP contribution in [0.15, 0.2) is 0 Å². The van der Waals surface area contributed by atoms with Crippen molar-refractivity contribution in [3.05, 3.63) is 0 Å². The molecule has 0 aromatic heterocycles. The molecule has 1 saturated carbocycles. The zero-order chi connectivity index (χ0) is 27.6. The molecular weight excluding hydrogens is 504 g/mol. The molecule has 0 aromatic rings. The van der Waals surface area contributed by atoms with Gasteiger partial charge in [-0.05, 0) is 6.42 Å². The maximum atomic E-state index is 12.4. The van der Waals surface area contributed by atoms with E-state index in [9.17, 15) is 39.0 Å². The minimum Gasteiger partial charge on any atom is -0.463 e. The lowest BCUT2D eigenvalue weighted by Gasteiger charge is -2.46. The number of hydrogen-bond donors (Lipinski definition) is 2. The number of rotatable bonds is 7. The highest BCUT2D eigenvalue weighted by Gasteiger charge is 2.60. The summed E-state index contributed by atoms with van der Waals surface area (Å²) in [6.07, 6.45) is -12.7. The van der Waals surface area contributed by atoms with Gasteiger partial charge in [-0.3, -0.25) is 28.8 Å². The van der Waals surface area contributed by atoms with E-state index in [0.29, 0.717) is 0 Å². The van der Waals surface area contributed by atoms with Crippen molar-refractivity contribution in [3.63, 3.8) is 0 Å². The third-order valence-electron chi connectivity index (χ3n) is 6.03. The molecule has 2 aliphatic heterocycles. The highest BCUT2D eigenvalue weighted by atomic mass is 16.7. The Kier molecular flexibility index (Phi) is 8.84. The summed E-state index contributed by atoms with van der Waals surface area (Å²) in [5.41, 5.74) is 0. The Labute approximate surface area is 210 Å². The first-order valence-corrected chi connectivity index (χ1v) is 11.4. The number of hydrogen-bond acceptors (Lipinski definition) is 15. The average Bonchev–Trinajstić information content (AvgIpc) is 3.05. The molecule has 0 bridgehead atoms. The summed E-state index contributed by atoms with van der Waals surface area (Å²) in [7, 11) is 0. The van der Waals surface area contributed by atoms with Gasteiger partial charge in [0.1, 0.15) is 24.9 Å². The molecule has 0 spiro atoms. The Morgan fingerprint density at radius 1 is 0.811 bits per heavy atom. The van der Waals surface area contributed by atoms with Gasteiger partial charge in [-0.25, -0.2) is 0 Å². The molecule has 37 heavy (non-hydrogen) atoms. The molecule has 10 atom stereocenters. The number of carbonyl (C=O) groups excluding carboxylic acids is 6. The van der Waals surface area contributed by atoms with Gasteiger partial charge >= 0.3 is 35.8 Å². The van der Waals surface area contributed by atoms with Crippen LogP contribution in [0.25, 0.3) is 0 Å². The van der Waals surface area contributed by atoms with Crippen LogP contribution in [0.5, 0.6) is 0 Å². The standard InChI is InChI=1S/C22H28O15/c1-7(23)31-6-13-16(32-8(2)24)18(33-9(3)25)19(34-10(4)26)22(35-13)36-17-14-11(5-12(27)15(17)28)20(29)37-21(14)30/h11-19,22,27-28H,5-6H2,1-4H3/t11-,12-,13-,14-,15-,16-,17-,18+,19-,22+/m1/s1. The first-order valence-electron chi connectivity index (χ1n) is 11.4. The van der Waals surface area contributed by atoms with E-state index in [-0.39, 0.29) is 6.42 Å². The third kappa shape index (κ3) is 6.41. The molecule has 3 fully saturated rings. The number of carbonyl (C=O) groups is 6. The molecule has 0 unspecified atom stereocenters. The normalized spacial score (nSPS) is 37.1. The van der Waals surface area contributed by atoms with Crippen molar-refractivity contribution in [2.24, 2.45) is 11.8 Å². The molecule has 0 aromatic carbocycles. The average molecular weight is 532 g/mol. The van der Waals surface area contributed by atoms with E-state index in [2.05, 4.69) is 4.74 Å². The van der Waals surface area contributed by atoms with Crippen molar-refractivity contribution >= 4 is 35.8 Å². The van der Waals surface area contributed by atoms with Crippen LogP contribution in [0.3, 0.4) is 0 Å². The molecule has 2 N–H and O–H groups in total. The number of fused-ring (bicyclic) bond motifs is 1. The molecule has 15 heteroatoms. The van der Waals surface area contributed by atoms with E-state index in [1.54, 1.807) is 0 Å². The molecule has 15 nitrogen and oxygen atoms in total. The van der Waals surface area contributed by atoms with Gasteiger partial charge in [0.25, 0.3) is 0 Å². The number of ether oxygens (including phenoxy) is 7. The minimum absolute atomic E-state index is 0.269. The van der Waals surface area contributed by atoms with Gasteiger partial charge in [0, 0.05) is 27.7 Å². The number of aliphatic hydroxyl groups excluding tert-OH is 2. The van der Waals surface area contributed by atoms with Crippen molar-refractivity contribution in [1.82, 2.24) is 0 Å². The van der Waals surface area contributed by atoms with Crippen LogP contribution in [0, 0.1) is 11.8 Å². The van der Waals surface area contributed by atoms with Crippen LogP contribution in [0.4, 0.5) is 0 Å². The zero-order valence-electron chi connectivity index (χ0n) is 20.4. The Bertz CT molecular complexity index is 946. The quantitative estimate of drug-likeness (QED) is 0.204. The van der Waals surface area contributed by atoms with Crippen LogP contribution in [0.1, 0.15) is 34.1 Å². The van der Waals surface area contributed by atoms with Crippen molar-refractivity contribution in [1.29, 1.82) is 0 Å². The molecule has 0 amide bonds. The summed E-state index contributed by atoms with van der Waals surface area (Å²) in [5, 5.41) is 20.9. The Morgan fingerprint density at radius 3 is 1.95 bits per heavy atom. The number of cyclic esters (lactones) is 2. The molecule has 2 saturated heterocycles. The fourth-order valence-corrected chi connectivity index (χ4v) is 4.61. The topological polar surface area (TPSA) is 207 Å². The minimum atomic E-state index is -1.73. The number of aliphatic hydroxyl groups is 2. The van der Waals surface area contributed by atoms with Crippen molar-refractivity contribution in [2.45, 2.75) is 83.1 Å². The summed E-state index contributed by atoms with van der Waals surface area (Å²) in [6, 6.07) is 0. The predicted octanol–water partition coefficient (Wildman–Crippen LogP) is -2.10. The van der Waals surface area contributed by atoms with Crippen molar-refractivity contribution in [3.8, 4) is 0 Å². The van der Waals surface area contributed by atoms with Gasteiger partial charge in [0.2, 0.25) is 0 Å². The van der Waals surface area contributed by atoms with E-state index in [4.69, 9.17) is 28.4 Å². The van der Waals surface area contributed by atoms with Crippen LogP contribution < -0.4 is 0 Å². The zero-order valence-corrected chi connectivity index (χ0v) is 20.4. The van der Waals surface area contributed by atoms with Crippen LogP contribution in [0.2, 0.25) is 0 Å². The van der Waals surface area contributed by atoms with E-state index in [1.807, 2.05) is 0 Å². The first-order chi connectivity index (χ1) is 17.3. The predicted molar refractivity (Wildman–Crippen MR) is 112 cm³/mol. The molecule has 2 heterocycles. The van der Waals surface area contributed by atoms with Crippen LogP contribution >= 0.6 is 0 Å². The Morgan fingerprint density at radius 2 is 1.38 bits per heavy atom. The fraction of sp³-hybridized carbons (Fsp3) is 0.727. The van der Waals surface area contributed by atoms with Crippen molar-refractivity contribution in [2.75, 3.05) is 6.61 Å². The van der Waals surface area contributed by atoms with Crippen molar-refractivity contribution < 1.29 is 72.1 Å². The van der Waals surface area contributed by atoms with Gasteiger partial charge in [0.05, 0.1) is 17.9 Å². The molecule has 206 valence electrons. The fourth-order valence-electron chi connectivity index (χ4n) is 4.61. The maximum absolute atomic E-state index is 12.4. The Hall–Kier alpha value is -3.14. The Balaban J connectivity index is 2.01. The second kappa shape index (κ2) is 11.5. The van der Waals surface area contributed by atoms with Gasteiger partial charge in [-0.15, -0.1) is 0 Å². The molecule has 1 aliphatic carbocycles. The summed E-state index contributed by atoms with van der Waals surface area (Å²) in [4.78, 5) is 71.6. The van der Waals surface area contributed by atoms with E-state index in [0.717, 1.165) is 27.7 Å². The lowest BCUT2D eigenvalue weighted by atomic mass is 9.75.